The molecule has 0 spiro atoms. The quantitative estimate of drug-likeness (QED) is 0.873. The first-order valence-electron chi connectivity index (χ1n) is 8.09. The van der Waals surface area contributed by atoms with Crippen molar-refractivity contribution in [3.63, 3.8) is 0 Å². The fraction of sp³-hybridized carbons (Fsp3) is 0.471. The van der Waals surface area contributed by atoms with Gasteiger partial charge in [-0.3, -0.25) is 4.79 Å². The van der Waals surface area contributed by atoms with Crippen molar-refractivity contribution >= 4 is 5.91 Å². The van der Waals surface area contributed by atoms with Gasteiger partial charge in [0.25, 0.3) is 0 Å². The van der Waals surface area contributed by atoms with Gasteiger partial charge in [0.2, 0.25) is 5.91 Å². The standard InChI is InChI=1S/C17H19FN4O/c18-14-4-1-3-13(9-14)17(6-7-17)16(23)21-8-2-5-15(10-21)22-12-19-11-20-22/h1,3-4,9,11-12,15H,2,5-8,10H2/t15-/m1/s1. The van der Waals surface area contributed by atoms with Crippen LogP contribution in [0.2, 0.25) is 0 Å². The van der Waals surface area contributed by atoms with E-state index in [-0.39, 0.29) is 17.8 Å². The summed E-state index contributed by atoms with van der Waals surface area (Å²) in [6.45, 7) is 1.42. The number of nitrogens with zero attached hydrogens (tertiary/aromatic N) is 4. The van der Waals surface area contributed by atoms with Gasteiger partial charge < -0.3 is 4.90 Å². The summed E-state index contributed by atoms with van der Waals surface area (Å²) in [5.74, 6) is -0.145. The minimum atomic E-state index is -0.508. The van der Waals surface area contributed by atoms with Gasteiger partial charge in [0.05, 0.1) is 11.5 Å². The highest BCUT2D eigenvalue weighted by Crippen LogP contribution is 2.50. The minimum absolute atomic E-state index is 0.132. The highest BCUT2D eigenvalue weighted by Gasteiger charge is 2.53. The molecule has 1 saturated heterocycles. The smallest absolute Gasteiger partial charge is 0.233 e. The Bertz CT molecular complexity index is 711. The number of carbonyl (C=O) groups is 1. The van der Waals surface area contributed by atoms with E-state index in [1.807, 2.05) is 15.6 Å². The van der Waals surface area contributed by atoms with Crippen LogP contribution in [0.1, 0.15) is 37.3 Å². The molecule has 2 fully saturated rings. The molecule has 1 saturated carbocycles. The molecule has 23 heavy (non-hydrogen) atoms. The van der Waals surface area contributed by atoms with Gasteiger partial charge in [0.15, 0.2) is 0 Å². The van der Waals surface area contributed by atoms with Gasteiger partial charge >= 0.3 is 0 Å². The lowest BCUT2D eigenvalue weighted by atomic mass is 9.92. The van der Waals surface area contributed by atoms with Crippen LogP contribution in [-0.2, 0) is 10.2 Å². The number of hydrogen-bond donors (Lipinski definition) is 0. The topological polar surface area (TPSA) is 51.0 Å². The Kier molecular flexibility index (Phi) is 3.39. The van der Waals surface area contributed by atoms with E-state index in [4.69, 9.17) is 0 Å². The highest BCUT2D eigenvalue weighted by molar-refractivity contribution is 5.91. The molecule has 0 unspecified atom stereocenters. The molecule has 1 amide bonds. The summed E-state index contributed by atoms with van der Waals surface area (Å²) >= 11 is 0. The molecule has 1 aromatic heterocycles. The largest absolute Gasteiger partial charge is 0.340 e. The van der Waals surface area contributed by atoms with Gasteiger partial charge in [-0.25, -0.2) is 14.1 Å². The Balaban J connectivity index is 1.54. The average Bonchev–Trinajstić information content (AvgIpc) is 3.21. The summed E-state index contributed by atoms with van der Waals surface area (Å²) in [7, 11) is 0. The van der Waals surface area contributed by atoms with E-state index < -0.39 is 5.41 Å². The zero-order valence-corrected chi connectivity index (χ0v) is 12.9. The number of halogens is 1. The van der Waals surface area contributed by atoms with Crippen LogP contribution >= 0.6 is 0 Å². The first kappa shape index (κ1) is 14.4. The van der Waals surface area contributed by atoms with Crippen LogP contribution in [-0.4, -0.2) is 38.7 Å². The van der Waals surface area contributed by atoms with Crippen molar-refractivity contribution in [1.82, 2.24) is 19.7 Å². The predicted octanol–water partition coefficient (Wildman–Crippen LogP) is 2.31. The Hall–Kier alpha value is -2.24. The van der Waals surface area contributed by atoms with Crippen LogP contribution in [0.5, 0.6) is 0 Å². The van der Waals surface area contributed by atoms with Gasteiger partial charge in [-0.05, 0) is 43.4 Å². The van der Waals surface area contributed by atoms with Crippen molar-refractivity contribution in [3.05, 3.63) is 48.3 Å². The second kappa shape index (κ2) is 5.44. The van der Waals surface area contributed by atoms with Crippen LogP contribution in [0, 0.1) is 5.82 Å². The molecule has 2 aromatic rings. The summed E-state index contributed by atoms with van der Waals surface area (Å²) in [4.78, 5) is 19.0. The third-order valence-corrected chi connectivity index (χ3v) is 5.03. The molecule has 5 nitrogen and oxygen atoms in total. The van der Waals surface area contributed by atoms with Gasteiger partial charge in [0.1, 0.15) is 18.5 Å². The van der Waals surface area contributed by atoms with E-state index in [0.717, 1.165) is 37.8 Å². The normalized spacial score (nSPS) is 22.8. The van der Waals surface area contributed by atoms with Gasteiger partial charge in [-0.15, -0.1) is 0 Å². The lowest BCUT2D eigenvalue weighted by molar-refractivity contribution is -0.135. The number of likely N-dealkylation sites (tertiary alicyclic amines) is 1. The average molecular weight is 314 g/mol. The molecule has 2 heterocycles. The number of carbonyl (C=O) groups excluding carboxylic acids is 1. The number of piperidine rings is 1. The van der Waals surface area contributed by atoms with Crippen molar-refractivity contribution in [3.8, 4) is 0 Å². The van der Waals surface area contributed by atoms with Crippen molar-refractivity contribution in [1.29, 1.82) is 0 Å². The Labute approximate surface area is 134 Å². The number of hydrogen-bond acceptors (Lipinski definition) is 3. The first-order valence-corrected chi connectivity index (χ1v) is 8.09. The van der Waals surface area contributed by atoms with Crippen molar-refractivity contribution < 1.29 is 9.18 Å². The second-order valence-corrected chi connectivity index (χ2v) is 6.52. The van der Waals surface area contributed by atoms with E-state index in [1.165, 1.54) is 18.5 Å². The van der Waals surface area contributed by atoms with Crippen LogP contribution in [0.25, 0.3) is 0 Å². The van der Waals surface area contributed by atoms with Crippen LogP contribution in [0.4, 0.5) is 4.39 Å². The molecule has 0 bridgehead atoms. The van der Waals surface area contributed by atoms with Gasteiger partial charge in [-0.2, -0.15) is 5.10 Å². The van der Waals surface area contributed by atoms with E-state index in [0.29, 0.717) is 6.54 Å². The van der Waals surface area contributed by atoms with Crippen LogP contribution in [0.15, 0.2) is 36.9 Å². The lowest BCUT2D eigenvalue weighted by Crippen LogP contribution is -2.45. The van der Waals surface area contributed by atoms with E-state index in [2.05, 4.69) is 10.1 Å². The van der Waals surface area contributed by atoms with Crippen molar-refractivity contribution in [2.24, 2.45) is 0 Å². The molecule has 0 radical (unpaired) electrons. The molecular formula is C17H19FN4O. The Morgan fingerprint density at radius 3 is 2.91 bits per heavy atom. The zero-order valence-electron chi connectivity index (χ0n) is 12.9. The third kappa shape index (κ3) is 2.52. The molecule has 1 aliphatic heterocycles. The van der Waals surface area contributed by atoms with Gasteiger partial charge in [0, 0.05) is 13.1 Å². The Morgan fingerprint density at radius 1 is 1.35 bits per heavy atom. The maximum absolute atomic E-state index is 13.5. The maximum atomic E-state index is 13.5. The van der Waals surface area contributed by atoms with E-state index in [9.17, 15) is 9.18 Å². The summed E-state index contributed by atoms with van der Waals surface area (Å²) in [6.07, 6.45) is 6.79. The molecule has 0 N–H and O–H groups in total. The van der Waals surface area contributed by atoms with Crippen molar-refractivity contribution in [2.75, 3.05) is 13.1 Å². The van der Waals surface area contributed by atoms with Gasteiger partial charge in [-0.1, -0.05) is 12.1 Å². The third-order valence-electron chi connectivity index (χ3n) is 5.03. The maximum Gasteiger partial charge on any atom is 0.233 e. The molecule has 1 aliphatic carbocycles. The van der Waals surface area contributed by atoms with Crippen molar-refractivity contribution in [2.45, 2.75) is 37.1 Å². The van der Waals surface area contributed by atoms with Crippen LogP contribution < -0.4 is 0 Å². The number of aromatic nitrogens is 3. The molecule has 1 atom stereocenters. The monoisotopic (exact) mass is 314 g/mol. The number of benzene rings is 1. The molecule has 4 rings (SSSR count). The molecule has 6 heteroatoms. The zero-order chi connectivity index (χ0) is 15.9. The van der Waals surface area contributed by atoms with E-state index in [1.54, 1.807) is 12.4 Å². The fourth-order valence-electron chi connectivity index (χ4n) is 3.60. The molecule has 2 aliphatic rings. The fourth-order valence-corrected chi connectivity index (χ4v) is 3.60. The predicted molar refractivity (Wildman–Crippen MR) is 82.2 cm³/mol. The van der Waals surface area contributed by atoms with Crippen LogP contribution in [0.3, 0.4) is 0 Å². The second-order valence-electron chi connectivity index (χ2n) is 6.52. The first-order chi connectivity index (χ1) is 11.2. The molecule has 120 valence electrons. The molecule has 1 aromatic carbocycles. The summed E-state index contributed by atoms with van der Waals surface area (Å²) in [5.41, 5.74) is 0.303. The number of rotatable bonds is 3. The minimum Gasteiger partial charge on any atom is -0.340 e. The number of amides is 1. The lowest BCUT2D eigenvalue weighted by Gasteiger charge is -2.35. The van der Waals surface area contributed by atoms with E-state index >= 15 is 0 Å². The Morgan fingerprint density at radius 2 is 2.22 bits per heavy atom. The summed E-state index contributed by atoms with van der Waals surface area (Å²) in [5, 5.41) is 4.20. The summed E-state index contributed by atoms with van der Waals surface area (Å²) in [6, 6.07) is 6.66. The highest BCUT2D eigenvalue weighted by atomic mass is 19.1. The summed E-state index contributed by atoms with van der Waals surface area (Å²) < 4.78 is 15.4. The molecular weight excluding hydrogens is 295 g/mol. The SMILES string of the molecule is O=C(N1CCC[C@@H](n2cncn2)C1)C1(c2cccc(F)c2)CC1.